The largest absolute Gasteiger partial charge is 0.455 e. The van der Waals surface area contributed by atoms with Gasteiger partial charge in [0.15, 0.2) is 0 Å². The number of benzene rings is 7. The van der Waals surface area contributed by atoms with Gasteiger partial charge in [-0.05, 0) is 130 Å². The summed E-state index contributed by atoms with van der Waals surface area (Å²) in [5, 5.41) is 6.13. The summed E-state index contributed by atoms with van der Waals surface area (Å²) in [6, 6.07) is 48.8. The molecule has 7 aromatic carbocycles. The van der Waals surface area contributed by atoms with Crippen molar-refractivity contribution in [1.82, 2.24) is 4.57 Å². The second kappa shape index (κ2) is 15.2. The lowest BCUT2D eigenvalue weighted by molar-refractivity contribution is 0.589. The maximum atomic E-state index is 7.31. The van der Waals surface area contributed by atoms with Gasteiger partial charge in [-0.3, -0.25) is 0 Å². The molecule has 0 fully saturated rings. The van der Waals surface area contributed by atoms with Crippen LogP contribution in [0.3, 0.4) is 0 Å². The van der Waals surface area contributed by atoms with Crippen LogP contribution in [0.2, 0.25) is 0 Å². The summed E-state index contributed by atoms with van der Waals surface area (Å²) in [5.41, 5.74) is 20.9. The Morgan fingerprint density at radius 1 is 0.588 bits per heavy atom. The van der Waals surface area contributed by atoms with E-state index >= 15 is 0 Å². The smallest absolute Gasteiger partial charge is 0.211 e. The van der Waals surface area contributed by atoms with Crippen molar-refractivity contribution in [3.8, 4) is 16.8 Å². The minimum Gasteiger partial charge on any atom is -0.455 e. The van der Waals surface area contributed by atoms with Crippen molar-refractivity contribution in [1.29, 1.82) is 0 Å². The van der Waals surface area contributed by atoms with Gasteiger partial charge in [-0.25, -0.2) is 0 Å². The minimum absolute atomic E-state index is 0.0166. The Hall–Kier alpha value is -6.10. The summed E-state index contributed by atoms with van der Waals surface area (Å²) in [5.74, 6) is 0.100. The van der Waals surface area contributed by atoms with Crippen LogP contribution >= 0.6 is 11.3 Å². The molecule has 1 unspecified atom stereocenters. The maximum absolute atomic E-state index is 7.31. The first kappa shape index (κ1) is 44.4. The SMILES string of the molecule is C=C(c1ccc(C(C)(C)C)cc1)c1ccc(C(C)c2ccc(C(C)(C)C)cc2)c(-c2c3c4c(c5cc(C(C)(C)C)ccc5n4-c4c(sc5ccc(C(C)(C)C)cc45)B3)c3oc4ccccc4c23)c1. The fourth-order valence-electron chi connectivity index (χ4n) is 11.0. The van der Waals surface area contributed by atoms with Crippen molar-refractivity contribution in [2.45, 2.75) is 118 Å². The molecule has 1 aliphatic heterocycles. The highest BCUT2D eigenvalue weighted by Gasteiger charge is 2.35. The lowest BCUT2D eigenvalue weighted by Gasteiger charge is -2.26. The number of fused-ring (bicyclic) bond motifs is 11. The molecule has 0 N–H and O–H groups in total. The van der Waals surface area contributed by atoms with Gasteiger partial charge in [0, 0.05) is 32.2 Å². The molecule has 10 aromatic rings. The first-order chi connectivity index (χ1) is 32.1. The van der Waals surface area contributed by atoms with E-state index in [1.54, 1.807) is 0 Å². The Morgan fingerprint density at radius 3 is 1.81 bits per heavy atom. The van der Waals surface area contributed by atoms with Crippen molar-refractivity contribution >= 4 is 88.3 Å². The van der Waals surface area contributed by atoms with Gasteiger partial charge in [-0.2, -0.15) is 0 Å². The number of hydrogen-bond acceptors (Lipinski definition) is 2. The molecule has 1 aliphatic rings. The maximum Gasteiger partial charge on any atom is 0.211 e. The lowest BCUT2D eigenvalue weighted by atomic mass is 9.62. The molecule has 68 heavy (non-hydrogen) atoms. The molecule has 4 heteroatoms. The lowest BCUT2D eigenvalue weighted by Crippen LogP contribution is -2.35. The Kier molecular flexibility index (Phi) is 9.93. The van der Waals surface area contributed by atoms with E-state index in [-0.39, 0.29) is 27.6 Å². The Morgan fingerprint density at radius 2 is 1.16 bits per heavy atom. The number of para-hydroxylation sites is 1. The molecule has 340 valence electrons. The Bertz CT molecular complexity index is 3690. The average Bonchev–Trinajstić information content (AvgIpc) is 3.97. The van der Waals surface area contributed by atoms with Gasteiger partial charge >= 0.3 is 0 Å². The van der Waals surface area contributed by atoms with E-state index < -0.39 is 0 Å². The Labute approximate surface area is 408 Å². The molecule has 1 atom stereocenters. The number of rotatable bonds is 5. The van der Waals surface area contributed by atoms with Gasteiger partial charge in [-0.15, -0.1) is 11.3 Å². The number of nitrogens with zero attached hydrogens (tertiary/aromatic N) is 1. The third-order valence-corrected chi connectivity index (χ3v) is 16.3. The number of hydrogen-bond donors (Lipinski definition) is 0. The summed E-state index contributed by atoms with van der Waals surface area (Å²) in [6.45, 7) is 34.9. The van der Waals surface area contributed by atoms with Crippen molar-refractivity contribution in [3.63, 3.8) is 0 Å². The van der Waals surface area contributed by atoms with Crippen molar-refractivity contribution in [2.24, 2.45) is 0 Å². The molecule has 11 rings (SSSR count). The zero-order chi connectivity index (χ0) is 48.0. The van der Waals surface area contributed by atoms with Crippen LogP contribution in [0.1, 0.15) is 140 Å². The minimum atomic E-state index is -0.0353. The van der Waals surface area contributed by atoms with Crippen LogP contribution in [0.5, 0.6) is 0 Å². The fraction of sp³-hybridized carbons (Fsp3) is 0.281. The fourth-order valence-corrected chi connectivity index (χ4v) is 12.2. The van der Waals surface area contributed by atoms with E-state index in [0.717, 1.165) is 40.5 Å². The molecule has 0 amide bonds. The van der Waals surface area contributed by atoms with Gasteiger partial charge in [0.1, 0.15) is 11.2 Å². The molecule has 2 nitrogen and oxygen atoms in total. The normalized spacial score (nSPS) is 13.8. The van der Waals surface area contributed by atoms with Crippen molar-refractivity contribution in [2.75, 3.05) is 0 Å². The van der Waals surface area contributed by atoms with Crippen molar-refractivity contribution in [3.05, 3.63) is 178 Å². The molecule has 0 saturated heterocycles. The van der Waals surface area contributed by atoms with E-state index in [1.165, 1.54) is 97.7 Å². The van der Waals surface area contributed by atoms with E-state index in [2.05, 4.69) is 222 Å². The second-order valence-corrected chi connectivity index (χ2v) is 25.0. The van der Waals surface area contributed by atoms with E-state index in [0.29, 0.717) is 0 Å². The predicted molar refractivity (Wildman–Crippen MR) is 299 cm³/mol. The van der Waals surface area contributed by atoms with Crippen LogP contribution in [-0.4, -0.2) is 11.8 Å². The molecule has 0 radical (unpaired) electrons. The highest BCUT2D eigenvalue weighted by molar-refractivity contribution is 7.29. The Balaban J connectivity index is 1.28. The van der Waals surface area contributed by atoms with Gasteiger partial charge < -0.3 is 8.98 Å². The third kappa shape index (κ3) is 7.03. The quantitative estimate of drug-likeness (QED) is 0.157. The summed E-state index contributed by atoms with van der Waals surface area (Å²) >= 11 is 1.96. The van der Waals surface area contributed by atoms with Gasteiger partial charge in [0.2, 0.25) is 7.28 Å². The molecular formula is C64H64BNOS. The third-order valence-electron chi connectivity index (χ3n) is 15.2. The van der Waals surface area contributed by atoms with Crippen LogP contribution in [0.15, 0.2) is 138 Å². The highest BCUT2D eigenvalue weighted by Crippen LogP contribution is 2.49. The monoisotopic (exact) mass is 905 g/mol. The number of furan rings is 1. The van der Waals surface area contributed by atoms with Crippen molar-refractivity contribution < 1.29 is 4.42 Å². The summed E-state index contributed by atoms with van der Waals surface area (Å²) in [4.78, 5) is 0. The number of thiophene rings is 1. The number of aromatic nitrogens is 1. The molecule has 3 aromatic heterocycles. The van der Waals surface area contributed by atoms with E-state index in [1.807, 2.05) is 11.3 Å². The summed E-state index contributed by atoms with van der Waals surface area (Å²) in [6.07, 6.45) is 0. The van der Waals surface area contributed by atoms with E-state index in [4.69, 9.17) is 11.0 Å². The van der Waals surface area contributed by atoms with Crippen LogP contribution in [-0.2, 0) is 21.7 Å². The van der Waals surface area contributed by atoms with Crippen LogP contribution in [0.4, 0.5) is 0 Å². The molecule has 0 bridgehead atoms. The van der Waals surface area contributed by atoms with Gasteiger partial charge in [0.05, 0.1) is 22.1 Å². The van der Waals surface area contributed by atoms with Gasteiger partial charge in [0.25, 0.3) is 0 Å². The molecule has 0 saturated carbocycles. The highest BCUT2D eigenvalue weighted by atomic mass is 32.1. The molecule has 0 aliphatic carbocycles. The van der Waals surface area contributed by atoms with Crippen LogP contribution < -0.4 is 10.2 Å². The topological polar surface area (TPSA) is 18.1 Å². The first-order valence-electron chi connectivity index (χ1n) is 24.6. The predicted octanol–water partition coefficient (Wildman–Crippen LogP) is 16.7. The zero-order valence-electron chi connectivity index (χ0n) is 42.4. The summed E-state index contributed by atoms with van der Waals surface area (Å²) < 4.78 is 12.7. The van der Waals surface area contributed by atoms with E-state index in [9.17, 15) is 0 Å². The molecule has 0 spiro atoms. The summed E-state index contributed by atoms with van der Waals surface area (Å²) in [7, 11) is 0.816. The van der Waals surface area contributed by atoms with Crippen LogP contribution in [0, 0.1) is 0 Å². The standard InChI is InChI=1S/C64H64BNOS/c1-36(38-19-24-41(25-20-38)61(3,4)5)40-23-30-45(37(2)39-21-26-42(27-22-39)62(6,7)8)47(33-40)53-54-46-17-15-16-18-51(46)67-59(54)55-48-34-43(63(9,10)11)28-31-50(48)66-57-49-35-44(64(12,13)14)29-32-52(49)68-60(57)65-56(53)58(55)66/h15-35,37,65H,1H2,2-14H3. The molecular weight excluding hydrogens is 842 g/mol. The second-order valence-electron chi connectivity index (χ2n) is 23.9. The van der Waals surface area contributed by atoms with Crippen LogP contribution in [0.25, 0.3) is 76.2 Å². The van der Waals surface area contributed by atoms with Gasteiger partial charge in [-0.1, -0.05) is 188 Å². The first-order valence-corrected chi connectivity index (χ1v) is 25.5. The average molecular weight is 906 g/mol. The zero-order valence-corrected chi connectivity index (χ0v) is 43.2. The molecule has 4 heterocycles.